The van der Waals surface area contributed by atoms with Crippen molar-refractivity contribution >= 4 is 5.91 Å². The van der Waals surface area contributed by atoms with Crippen molar-refractivity contribution in [2.45, 2.75) is 13.0 Å². The van der Waals surface area contributed by atoms with Crippen LogP contribution in [0.15, 0.2) is 59.7 Å². The van der Waals surface area contributed by atoms with Crippen molar-refractivity contribution in [1.29, 1.82) is 0 Å². The van der Waals surface area contributed by atoms with Gasteiger partial charge in [0.25, 0.3) is 11.5 Å². The van der Waals surface area contributed by atoms with Crippen LogP contribution in [0.4, 0.5) is 0 Å². The summed E-state index contributed by atoms with van der Waals surface area (Å²) < 4.78 is 5.13. The molecule has 1 atom stereocenters. The van der Waals surface area contributed by atoms with Gasteiger partial charge in [-0.05, 0) is 42.8 Å². The maximum atomic E-state index is 12.6. The van der Waals surface area contributed by atoms with E-state index in [0.29, 0.717) is 5.69 Å². The minimum Gasteiger partial charge on any atom is -0.497 e. The summed E-state index contributed by atoms with van der Waals surface area (Å²) in [5, 5.41) is 9.19. The molecule has 0 aliphatic heterocycles. The summed E-state index contributed by atoms with van der Waals surface area (Å²) >= 11 is 0. The number of carbonyl (C=O) groups is 1. The number of hydrogen-bond acceptors (Lipinski definition) is 5. The normalized spacial score (nSPS) is 11.6. The van der Waals surface area contributed by atoms with Crippen LogP contribution in [0.5, 0.6) is 5.75 Å². The second-order valence-electron chi connectivity index (χ2n) is 5.70. The number of carbonyl (C=O) groups excluding carboxylic acids is 1. The van der Waals surface area contributed by atoms with E-state index in [1.807, 2.05) is 31.2 Å². The van der Waals surface area contributed by atoms with Gasteiger partial charge >= 0.3 is 0 Å². The minimum atomic E-state index is -0.540. The van der Waals surface area contributed by atoms with Crippen LogP contribution in [0.2, 0.25) is 0 Å². The lowest BCUT2D eigenvalue weighted by Gasteiger charge is -2.14. The topological polar surface area (TPSA) is 97.0 Å². The standard InChI is InChI=1S/C19H18N4O3/c1-12(13-3-5-15(26-2)6-4-13)21-18(24)16-11-17(22-23-19(16)25)14-7-9-20-10-8-14/h3-12H,1-2H3,(H,21,24)(H,23,25)/t12-/m1/s1. The van der Waals surface area contributed by atoms with Gasteiger partial charge in [-0.1, -0.05) is 12.1 Å². The first kappa shape index (κ1) is 17.3. The van der Waals surface area contributed by atoms with E-state index >= 15 is 0 Å². The van der Waals surface area contributed by atoms with Gasteiger partial charge in [0.1, 0.15) is 11.3 Å². The van der Waals surface area contributed by atoms with Gasteiger partial charge in [-0.25, -0.2) is 5.10 Å². The van der Waals surface area contributed by atoms with Crippen LogP contribution in [0, 0.1) is 0 Å². The van der Waals surface area contributed by atoms with Gasteiger partial charge in [0.2, 0.25) is 0 Å². The van der Waals surface area contributed by atoms with E-state index in [0.717, 1.165) is 16.9 Å². The Morgan fingerprint density at radius 3 is 2.50 bits per heavy atom. The monoisotopic (exact) mass is 350 g/mol. The number of rotatable bonds is 5. The molecule has 0 saturated carbocycles. The summed E-state index contributed by atoms with van der Waals surface area (Å²) in [4.78, 5) is 28.5. The number of ether oxygens (including phenoxy) is 1. The van der Waals surface area contributed by atoms with Gasteiger partial charge in [0, 0.05) is 18.0 Å². The number of aromatic nitrogens is 3. The van der Waals surface area contributed by atoms with E-state index in [1.165, 1.54) is 6.07 Å². The van der Waals surface area contributed by atoms with Crippen LogP contribution in [0.25, 0.3) is 11.3 Å². The molecule has 0 fully saturated rings. The van der Waals surface area contributed by atoms with Crippen molar-refractivity contribution < 1.29 is 9.53 Å². The lowest BCUT2D eigenvalue weighted by Crippen LogP contribution is -2.32. The fraction of sp³-hybridized carbons (Fsp3) is 0.158. The SMILES string of the molecule is COc1ccc([C@@H](C)NC(=O)c2cc(-c3ccncc3)n[nH]c2=O)cc1. The molecule has 7 heteroatoms. The van der Waals surface area contributed by atoms with Gasteiger partial charge in [0.05, 0.1) is 18.8 Å². The molecule has 2 N–H and O–H groups in total. The molecule has 3 aromatic rings. The molecule has 0 bridgehead atoms. The van der Waals surface area contributed by atoms with E-state index in [9.17, 15) is 9.59 Å². The summed E-state index contributed by atoms with van der Waals surface area (Å²) in [6.07, 6.45) is 3.24. The summed E-state index contributed by atoms with van der Waals surface area (Å²) in [6.45, 7) is 1.85. The van der Waals surface area contributed by atoms with Crippen LogP contribution >= 0.6 is 0 Å². The zero-order valence-electron chi connectivity index (χ0n) is 14.4. The molecule has 1 amide bonds. The van der Waals surface area contributed by atoms with Crippen molar-refractivity contribution in [3.63, 3.8) is 0 Å². The average Bonchev–Trinajstić information content (AvgIpc) is 2.69. The number of H-pyrrole nitrogens is 1. The summed E-state index contributed by atoms with van der Waals surface area (Å²) in [5.41, 5.74) is 1.62. The van der Waals surface area contributed by atoms with Crippen molar-refractivity contribution in [1.82, 2.24) is 20.5 Å². The zero-order chi connectivity index (χ0) is 18.5. The van der Waals surface area contributed by atoms with E-state index in [-0.39, 0.29) is 11.6 Å². The molecule has 2 heterocycles. The molecule has 0 aliphatic carbocycles. The molecule has 2 aromatic heterocycles. The van der Waals surface area contributed by atoms with Crippen molar-refractivity contribution in [2.75, 3.05) is 7.11 Å². The van der Waals surface area contributed by atoms with Gasteiger partial charge in [-0.3, -0.25) is 14.6 Å². The van der Waals surface area contributed by atoms with Crippen molar-refractivity contribution in [2.24, 2.45) is 0 Å². The molecule has 132 valence electrons. The van der Waals surface area contributed by atoms with Crippen molar-refractivity contribution in [3.8, 4) is 17.0 Å². The fourth-order valence-corrected chi connectivity index (χ4v) is 2.50. The Balaban J connectivity index is 1.81. The quantitative estimate of drug-likeness (QED) is 0.736. The number of hydrogen-bond donors (Lipinski definition) is 2. The lowest BCUT2D eigenvalue weighted by atomic mass is 10.1. The van der Waals surface area contributed by atoms with E-state index in [1.54, 1.807) is 31.6 Å². The Kier molecular flexibility index (Phi) is 5.07. The first-order valence-corrected chi connectivity index (χ1v) is 8.03. The van der Waals surface area contributed by atoms with E-state index in [2.05, 4.69) is 20.5 Å². The van der Waals surface area contributed by atoms with Crippen LogP contribution < -0.4 is 15.6 Å². The van der Waals surface area contributed by atoms with Crippen LogP contribution in [-0.4, -0.2) is 28.2 Å². The van der Waals surface area contributed by atoms with E-state index < -0.39 is 11.5 Å². The fourth-order valence-electron chi connectivity index (χ4n) is 2.50. The average molecular weight is 350 g/mol. The molecule has 0 radical (unpaired) electrons. The third-order valence-corrected chi connectivity index (χ3v) is 3.99. The lowest BCUT2D eigenvalue weighted by molar-refractivity contribution is 0.0938. The zero-order valence-corrected chi connectivity index (χ0v) is 14.4. The van der Waals surface area contributed by atoms with Gasteiger partial charge < -0.3 is 10.1 Å². The highest BCUT2D eigenvalue weighted by Gasteiger charge is 2.16. The van der Waals surface area contributed by atoms with Gasteiger partial charge in [0.15, 0.2) is 0 Å². The highest BCUT2D eigenvalue weighted by molar-refractivity contribution is 5.94. The number of amides is 1. The summed E-state index contributed by atoms with van der Waals surface area (Å²) in [6, 6.07) is 12.1. The second kappa shape index (κ2) is 7.60. The largest absolute Gasteiger partial charge is 0.497 e. The summed E-state index contributed by atoms with van der Waals surface area (Å²) in [5.74, 6) is 0.270. The Bertz CT molecular complexity index is 953. The summed E-state index contributed by atoms with van der Waals surface area (Å²) in [7, 11) is 1.59. The smallest absolute Gasteiger partial charge is 0.277 e. The third kappa shape index (κ3) is 3.77. The molecule has 0 unspecified atom stereocenters. The molecule has 0 aliphatic rings. The van der Waals surface area contributed by atoms with Gasteiger partial charge in [-0.2, -0.15) is 5.10 Å². The number of pyridine rings is 1. The highest BCUT2D eigenvalue weighted by Crippen LogP contribution is 2.18. The minimum absolute atomic E-state index is 0.00664. The predicted octanol–water partition coefficient (Wildman–Crippen LogP) is 2.33. The van der Waals surface area contributed by atoms with E-state index in [4.69, 9.17) is 4.74 Å². The van der Waals surface area contributed by atoms with Gasteiger partial charge in [-0.15, -0.1) is 0 Å². The Morgan fingerprint density at radius 2 is 1.85 bits per heavy atom. The predicted molar refractivity (Wildman–Crippen MR) is 97.0 cm³/mol. The molecule has 26 heavy (non-hydrogen) atoms. The Labute approximate surface area is 150 Å². The Morgan fingerprint density at radius 1 is 1.15 bits per heavy atom. The second-order valence-corrected chi connectivity index (χ2v) is 5.70. The van der Waals surface area contributed by atoms with Crippen LogP contribution in [0.1, 0.15) is 28.9 Å². The van der Waals surface area contributed by atoms with Crippen molar-refractivity contribution in [3.05, 3.63) is 76.3 Å². The molecule has 0 spiro atoms. The number of benzene rings is 1. The molecular weight excluding hydrogens is 332 g/mol. The third-order valence-electron chi connectivity index (χ3n) is 3.99. The molecule has 0 saturated heterocycles. The Hall–Kier alpha value is -3.48. The van der Waals surface area contributed by atoms with Crippen LogP contribution in [0.3, 0.4) is 0 Å². The molecule has 3 rings (SSSR count). The molecule has 7 nitrogen and oxygen atoms in total. The molecular formula is C19H18N4O3. The number of aromatic amines is 1. The maximum absolute atomic E-state index is 12.6. The highest BCUT2D eigenvalue weighted by atomic mass is 16.5. The number of methoxy groups -OCH3 is 1. The maximum Gasteiger partial charge on any atom is 0.277 e. The first-order valence-electron chi connectivity index (χ1n) is 8.03. The first-order chi connectivity index (χ1) is 12.6. The number of nitrogens with zero attached hydrogens (tertiary/aromatic N) is 2. The molecule has 1 aromatic carbocycles. The number of nitrogens with one attached hydrogen (secondary N) is 2. The van der Waals surface area contributed by atoms with Crippen LogP contribution in [-0.2, 0) is 0 Å².